The van der Waals surface area contributed by atoms with Gasteiger partial charge in [-0.25, -0.2) is 22.7 Å². The number of sulfonamides is 1. The molecule has 1 aromatic rings. The lowest BCUT2D eigenvalue weighted by Gasteiger charge is -2.33. The molecule has 0 spiro atoms. The molecule has 26 heavy (non-hydrogen) atoms. The van der Waals surface area contributed by atoms with Gasteiger partial charge in [0.25, 0.3) is 0 Å². The number of benzene rings is 1. The summed E-state index contributed by atoms with van der Waals surface area (Å²) in [5.41, 5.74) is -0.528. The number of carbonyl (C=O) groups is 1. The summed E-state index contributed by atoms with van der Waals surface area (Å²) in [4.78, 5) is 27.5. The molecule has 0 radical (unpaired) electrons. The van der Waals surface area contributed by atoms with Crippen molar-refractivity contribution in [2.24, 2.45) is 4.99 Å². The lowest BCUT2D eigenvalue weighted by atomic mass is 10.1. The standard InChI is InChI=1S/C17H23N3O5S/c1-17(2,3)25-16(22)20-10-8-13(9-11-20)19-26(23,24)15-7-5-4-6-14(15)18-12-21/h4-7,13,19H,8-11H2,1-3H3. The number of nitrogens with zero attached hydrogens (tertiary/aromatic N) is 2. The van der Waals surface area contributed by atoms with Crippen molar-refractivity contribution in [3.05, 3.63) is 24.3 Å². The zero-order chi connectivity index (χ0) is 19.4. The first kappa shape index (κ1) is 20.1. The third-order valence-corrected chi connectivity index (χ3v) is 5.36. The predicted molar refractivity (Wildman–Crippen MR) is 95.4 cm³/mol. The van der Waals surface area contributed by atoms with Crippen LogP contribution in [0.4, 0.5) is 10.5 Å². The number of amides is 1. The second kappa shape index (κ2) is 7.99. The number of hydrogen-bond acceptors (Lipinski definition) is 6. The van der Waals surface area contributed by atoms with Gasteiger partial charge in [0.1, 0.15) is 10.5 Å². The first-order valence-corrected chi connectivity index (χ1v) is 9.78. The van der Waals surface area contributed by atoms with Crippen LogP contribution in [0.1, 0.15) is 33.6 Å². The molecule has 1 aliphatic rings. The molecule has 9 heteroatoms. The van der Waals surface area contributed by atoms with Gasteiger partial charge in [0.05, 0.1) is 5.69 Å². The van der Waals surface area contributed by atoms with Gasteiger partial charge in [-0.05, 0) is 45.7 Å². The topological polar surface area (TPSA) is 105 Å². The van der Waals surface area contributed by atoms with Gasteiger partial charge in [-0.3, -0.25) is 0 Å². The molecule has 1 aromatic carbocycles. The normalized spacial score (nSPS) is 16.0. The molecular formula is C17H23N3O5S. The van der Waals surface area contributed by atoms with Gasteiger partial charge in [-0.15, -0.1) is 0 Å². The van der Waals surface area contributed by atoms with Gasteiger partial charge in [-0.2, -0.15) is 4.99 Å². The van der Waals surface area contributed by atoms with E-state index in [2.05, 4.69) is 9.71 Å². The van der Waals surface area contributed by atoms with Crippen molar-refractivity contribution in [1.82, 2.24) is 9.62 Å². The molecule has 8 nitrogen and oxygen atoms in total. The van der Waals surface area contributed by atoms with Crippen molar-refractivity contribution >= 4 is 27.9 Å². The maximum atomic E-state index is 12.6. The summed E-state index contributed by atoms with van der Waals surface area (Å²) in [6.07, 6.45) is 1.90. The summed E-state index contributed by atoms with van der Waals surface area (Å²) in [5, 5.41) is 0. The van der Waals surface area contributed by atoms with Crippen LogP contribution in [-0.2, 0) is 19.6 Å². The fraction of sp³-hybridized carbons (Fsp3) is 0.529. The number of aliphatic imine (C=N–C) groups is 1. The van der Waals surface area contributed by atoms with Gasteiger partial charge >= 0.3 is 6.09 Å². The highest BCUT2D eigenvalue weighted by atomic mass is 32.2. The average molecular weight is 381 g/mol. The van der Waals surface area contributed by atoms with Crippen molar-refractivity contribution in [1.29, 1.82) is 0 Å². The number of likely N-dealkylation sites (tertiary alicyclic amines) is 1. The van der Waals surface area contributed by atoms with Gasteiger partial charge < -0.3 is 9.64 Å². The Labute approximate surface area is 153 Å². The molecule has 1 aliphatic heterocycles. The number of isocyanates is 1. The summed E-state index contributed by atoms with van der Waals surface area (Å²) in [5.74, 6) is 0. The van der Waals surface area contributed by atoms with E-state index in [0.717, 1.165) is 0 Å². The fourth-order valence-electron chi connectivity index (χ4n) is 2.62. The largest absolute Gasteiger partial charge is 0.444 e. The van der Waals surface area contributed by atoms with Crippen molar-refractivity contribution in [3.63, 3.8) is 0 Å². The monoisotopic (exact) mass is 381 g/mol. The smallest absolute Gasteiger partial charge is 0.410 e. The molecule has 0 saturated carbocycles. The Bertz CT molecular complexity index is 802. The van der Waals surface area contributed by atoms with Crippen LogP contribution in [0.15, 0.2) is 34.2 Å². The quantitative estimate of drug-likeness (QED) is 0.636. The van der Waals surface area contributed by atoms with Crippen molar-refractivity contribution in [2.75, 3.05) is 13.1 Å². The van der Waals surface area contributed by atoms with Gasteiger partial charge in [0.15, 0.2) is 0 Å². The van der Waals surface area contributed by atoms with Gasteiger partial charge in [-0.1, -0.05) is 12.1 Å². The fourth-order valence-corrected chi connectivity index (χ4v) is 4.06. The molecule has 2 rings (SSSR count). The van der Waals surface area contributed by atoms with Crippen LogP contribution >= 0.6 is 0 Å². The Balaban J connectivity index is 2.01. The average Bonchev–Trinajstić information content (AvgIpc) is 2.54. The first-order valence-electron chi connectivity index (χ1n) is 8.29. The van der Waals surface area contributed by atoms with Crippen LogP contribution in [0, 0.1) is 0 Å². The van der Waals surface area contributed by atoms with E-state index >= 15 is 0 Å². The molecule has 0 aliphatic carbocycles. The third-order valence-electron chi connectivity index (χ3n) is 3.79. The number of carbonyl (C=O) groups excluding carboxylic acids is 2. The molecule has 142 valence electrons. The zero-order valence-electron chi connectivity index (χ0n) is 15.1. The highest BCUT2D eigenvalue weighted by molar-refractivity contribution is 7.89. The van der Waals surface area contributed by atoms with E-state index in [0.29, 0.717) is 25.9 Å². The highest BCUT2D eigenvalue weighted by Crippen LogP contribution is 2.24. The minimum atomic E-state index is -3.84. The van der Waals surface area contributed by atoms with E-state index < -0.39 is 21.7 Å². The first-order chi connectivity index (χ1) is 12.1. The van der Waals surface area contributed by atoms with Gasteiger partial charge in [0, 0.05) is 19.1 Å². The highest BCUT2D eigenvalue weighted by Gasteiger charge is 2.29. The number of para-hydroxylation sites is 1. The van der Waals surface area contributed by atoms with Gasteiger partial charge in [0.2, 0.25) is 16.1 Å². The molecule has 1 fully saturated rings. The number of nitrogens with one attached hydrogen (secondary N) is 1. The second-order valence-electron chi connectivity index (χ2n) is 7.03. The Kier molecular flexibility index (Phi) is 6.17. The summed E-state index contributed by atoms with van der Waals surface area (Å²) < 4.78 is 33.1. The lowest BCUT2D eigenvalue weighted by molar-refractivity contribution is 0.0203. The molecule has 0 unspecified atom stereocenters. The Hall–Kier alpha value is -2.22. The number of hydrogen-bond donors (Lipinski definition) is 1. The molecule has 1 saturated heterocycles. The van der Waals surface area contributed by atoms with Crippen LogP contribution in [0.25, 0.3) is 0 Å². The minimum absolute atomic E-state index is 0.0428. The summed E-state index contributed by atoms with van der Waals surface area (Å²) >= 11 is 0. The van der Waals surface area contributed by atoms with E-state index in [4.69, 9.17) is 4.74 Å². The maximum Gasteiger partial charge on any atom is 0.410 e. The number of ether oxygens (including phenoxy) is 1. The molecular weight excluding hydrogens is 358 g/mol. The molecule has 0 atom stereocenters. The van der Waals surface area contributed by atoms with E-state index in [1.807, 2.05) is 0 Å². The third kappa shape index (κ3) is 5.39. The van der Waals surface area contributed by atoms with E-state index in [-0.39, 0.29) is 16.6 Å². The molecule has 0 aromatic heterocycles. The number of piperidine rings is 1. The van der Waals surface area contributed by atoms with E-state index in [9.17, 15) is 18.0 Å². The number of rotatable bonds is 4. The van der Waals surface area contributed by atoms with Crippen molar-refractivity contribution in [3.8, 4) is 0 Å². The van der Waals surface area contributed by atoms with Crippen LogP contribution in [0.2, 0.25) is 0 Å². The van der Waals surface area contributed by atoms with Crippen LogP contribution in [0.5, 0.6) is 0 Å². The SMILES string of the molecule is CC(C)(C)OC(=O)N1CCC(NS(=O)(=O)c2ccccc2N=C=O)CC1. The summed E-state index contributed by atoms with van der Waals surface area (Å²) in [6.45, 7) is 6.19. The molecule has 0 bridgehead atoms. The second-order valence-corrected chi connectivity index (χ2v) is 8.72. The van der Waals surface area contributed by atoms with Crippen molar-refractivity contribution in [2.45, 2.75) is 50.2 Å². The zero-order valence-corrected chi connectivity index (χ0v) is 15.9. The summed E-state index contributed by atoms with van der Waals surface area (Å²) in [7, 11) is -3.84. The minimum Gasteiger partial charge on any atom is -0.444 e. The Morgan fingerprint density at radius 1 is 1.27 bits per heavy atom. The molecule has 1 amide bonds. The predicted octanol–water partition coefficient (Wildman–Crippen LogP) is 2.33. The van der Waals surface area contributed by atoms with Crippen LogP contribution < -0.4 is 4.72 Å². The Morgan fingerprint density at radius 2 is 1.88 bits per heavy atom. The summed E-state index contributed by atoms with van der Waals surface area (Å²) in [6, 6.07) is 5.66. The van der Waals surface area contributed by atoms with Crippen LogP contribution in [-0.4, -0.2) is 50.2 Å². The van der Waals surface area contributed by atoms with E-state index in [1.54, 1.807) is 37.8 Å². The van der Waals surface area contributed by atoms with Crippen LogP contribution in [0.3, 0.4) is 0 Å². The molecule has 1 heterocycles. The lowest BCUT2D eigenvalue weighted by Crippen LogP contribution is -2.47. The Morgan fingerprint density at radius 3 is 2.46 bits per heavy atom. The molecule has 1 N–H and O–H groups in total. The van der Waals surface area contributed by atoms with Crippen molar-refractivity contribution < 1.29 is 22.7 Å². The van der Waals surface area contributed by atoms with E-state index in [1.165, 1.54) is 18.2 Å². The maximum absolute atomic E-state index is 12.6.